The summed E-state index contributed by atoms with van der Waals surface area (Å²) in [5.41, 5.74) is 1.78. The van der Waals surface area contributed by atoms with Crippen LogP contribution in [0.25, 0.3) is 0 Å². The molecule has 0 unspecified atom stereocenters. The van der Waals surface area contributed by atoms with Crippen LogP contribution in [0.4, 0.5) is 13.2 Å². The highest BCUT2D eigenvalue weighted by atomic mass is 19.4. The van der Waals surface area contributed by atoms with Gasteiger partial charge in [0, 0.05) is 0 Å². The molecule has 0 aliphatic heterocycles. The summed E-state index contributed by atoms with van der Waals surface area (Å²) in [5, 5.41) is 0. The molecular formula is C9H9F3N2O3. The second kappa shape index (κ2) is 5.39. The van der Waals surface area contributed by atoms with Crippen molar-refractivity contribution in [1.29, 1.82) is 0 Å². The summed E-state index contributed by atoms with van der Waals surface area (Å²) in [6, 6.07) is 5.10. The van der Waals surface area contributed by atoms with Gasteiger partial charge in [-0.2, -0.15) is 0 Å². The van der Waals surface area contributed by atoms with Crippen LogP contribution in [0.15, 0.2) is 24.3 Å². The number of amides is 1. The maximum atomic E-state index is 12.0. The van der Waals surface area contributed by atoms with Crippen molar-refractivity contribution < 1.29 is 27.4 Å². The van der Waals surface area contributed by atoms with Gasteiger partial charge in [0.15, 0.2) is 18.1 Å². The topological polar surface area (TPSA) is 73.6 Å². The molecule has 0 bridgehead atoms. The van der Waals surface area contributed by atoms with E-state index in [1.807, 2.05) is 0 Å². The maximum Gasteiger partial charge on any atom is 0.573 e. The predicted octanol–water partition coefficient (Wildman–Crippen LogP) is 0.954. The van der Waals surface area contributed by atoms with Gasteiger partial charge in [0.25, 0.3) is 5.91 Å². The first-order chi connectivity index (χ1) is 7.92. The standard InChI is InChI=1S/C9H9F3N2O3/c10-9(11,12)17-7-4-2-1-3-6(7)16-5-8(15)14-13/h1-4H,5,13H2,(H,14,15). The smallest absolute Gasteiger partial charge is 0.480 e. The summed E-state index contributed by atoms with van der Waals surface area (Å²) in [6.45, 7) is -0.505. The van der Waals surface area contributed by atoms with Gasteiger partial charge in [0.1, 0.15) is 0 Å². The van der Waals surface area contributed by atoms with Crippen molar-refractivity contribution in [1.82, 2.24) is 5.43 Å². The first kappa shape index (κ1) is 13.1. The Morgan fingerprint density at radius 2 is 1.88 bits per heavy atom. The Kier molecular flexibility index (Phi) is 4.16. The molecular weight excluding hydrogens is 241 g/mol. The Balaban J connectivity index is 2.74. The third kappa shape index (κ3) is 4.60. The molecule has 17 heavy (non-hydrogen) atoms. The molecule has 1 aromatic rings. The van der Waals surface area contributed by atoms with Crippen LogP contribution in [0.2, 0.25) is 0 Å². The zero-order valence-corrected chi connectivity index (χ0v) is 8.45. The highest BCUT2D eigenvalue weighted by Crippen LogP contribution is 2.31. The SMILES string of the molecule is NNC(=O)COc1ccccc1OC(F)(F)F. The maximum absolute atomic E-state index is 12.0. The zero-order valence-electron chi connectivity index (χ0n) is 8.45. The van der Waals surface area contributed by atoms with Crippen LogP contribution >= 0.6 is 0 Å². The van der Waals surface area contributed by atoms with Gasteiger partial charge in [-0.1, -0.05) is 12.1 Å². The molecule has 5 nitrogen and oxygen atoms in total. The van der Waals surface area contributed by atoms with Gasteiger partial charge in [-0.05, 0) is 12.1 Å². The number of hydrazine groups is 1. The van der Waals surface area contributed by atoms with E-state index in [9.17, 15) is 18.0 Å². The minimum absolute atomic E-state index is 0.201. The number of rotatable bonds is 4. The summed E-state index contributed by atoms with van der Waals surface area (Å²) in [5.74, 6) is 3.39. The van der Waals surface area contributed by atoms with Crippen molar-refractivity contribution in [3.8, 4) is 11.5 Å². The van der Waals surface area contributed by atoms with E-state index in [1.54, 1.807) is 5.43 Å². The summed E-state index contributed by atoms with van der Waals surface area (Å²) in [4.78, 5) is 10.8. The first-order valence-electron chi connectivity index (χ1n) is 4.39. The van der Waals surface area contributed by atoms with E-state index in [4.69, 9.17) is 10.6 Å². The van der Waals surface area contributed by atoms with E-state index >= 15 is 0 Å². The Hall–Kier alpha value is -1.96. The van der Waals surface area contributed by atoms with Gasteiger partial charge in [-0.25, -0.2) is 5.84 Å². The molecule has 0 aliphatic rings. The average molecular weight is 250 g/mol. The second-order valence-corrected chi connectivity index (χ2v) is 2.85. The lowest BCUT2D eigenvalue weighted by Gasteiger charge is -2.13. The molecule has 94 valence electrons. The van der Waals surface area contributed by atoms with Crippen molar-refractivity contribution in [3.05, 3.63) is 24.3 Å². The lowest BCUT2D eigenvalue weighted by molar-refractivity contribution is -0.275. The normalized spacial score (nSPS) is 10.8. The molecule has 0 heterocycles. The fourth-order valence-corrected chi connectivity index (χ4v) is 0.963. The summed E-state index contributed by atoms with van der Waals surface area (Å²) < 4.78 is 44.6. The monoisotopic (exact) mass is 250 g/mol. The zero-order chi connectivity index (χ0) is 12.9. The van der Waals surface area contributed by atoms with E-state index in [2.05, 4.69) is 4.74 Å². The minimum Gasteiger partial charge on any atom is -0.480 e. The molecule has 0 atom stereocenters. The van der Waals surface area contributed by atoms with Gasteiger partial charge >= 0.3 is 6.36 Å². The van der Waals surface area contributed by atoms with Gasteiger partial charge in [-0.15, -0.1) is 13.2 Å². The number of halogens is 3. The molecule has 0 saturated heterocycles. The lowest BCUT2D eigenvalue weighted by Crippen LogP contribution is -2.34. The Morgan fingerprint density at radius 1 is 1.29 bits per heavy atom. The Morgan fingerprint density at radius 3 is 2.41 bits per heavy atom. The molecule has 8 heteroatoms. The summed E-state index contributed by atoms with van der Waals surface area (Å²) in [7, 11) is 0. The second-order valence-electron chi connectivity index (χ2n) is 2.85. The van der Waals surface area contributed by atoms with E-state index in [-0.39, 0.29) is 5.75 Å². The summed E-state index contributed by atoms with van der Waals surface area (Å²) in [6.07, 6.45) is -4.82. The number of carbonyl (C=O) groups excluding carboxylic acids is 1. The molecule has 0 aliphatic carbocycles. The Bertz CT molecular complexity index is 395. The third-order valence-corrected chi connectivity index (χ3v) is 1.59. The fourth-order valence-electron chi connectivity index (χ4n) is 0.963. The Labute approximate surface area is 94.3 Å². The predicted molar refractivity (Wildman–Crippen MR) is 51.0 cm³/mol. The molecule has 0 saturated carbocycles. The van der Waals surface area contributed by atoms with Crippen LogP contribution < -0.4 is 20.7 Å². The number of hydrogen-bond acceptors (Lipinski definition) is 4. The number of ether oxygens (including phenoxy) is 2. The van der Waals surface area contributed by atoms with Crippen LogP contribution in [0, 0.1) is 0 Å². The van der Waals surface area contributed by atoms with Crippen molar-refractivity contribution >= 4 is 5.91 Å². The molecule has 0 fully saturated rings. The molecule has 0 spiro atoms. The van der Waals surface area contributed by atoms with Crippen molar-refractivity contribution in [2.45, 2.75) is 6.36 Å². The van der Waals surface area contributed by atoms with Crippen LogP contribution in [-0.4, -0.2) is 18.9 Å². The number of para-hydroxylation sites is 2. The highest BCUT2D eigenvalue weighted by Gasteiger charge is 2.32. The summed E-state index contributed by atoms with van der Waals surface area (Å²) >= 11 is 0. The number of benzene rings is 1. The van der Waals surface area contributed by atoms with E-state index in [0.29, 0.717) is 0 Å². The van der Waals surface area contributed by atoms with E-state index in [1.165, 1.54) is 18.2 Å². The van der Waals surface area contributed by atoms with Crippen molar-refractivity contribution in [3.63, 3.8) is 0 Å². The molecule has 0 aromatic heterocycles. The molecule has 1 aromatic carbocycles. The minimum atomic E-state index is -4.82. The van der Waals surface area contributed by atoms with Crippen molar-refractivity contribution in [2.24, 2.45) is 5.84 Å². The molecule has 3 N–H and O–H groups in total. The van der Waals surface area contributed by atoms with Crippen molar-refractivity contribution in [2.75, 3.05) is 6.61 Å². The van der Waals surface area contributed by atoms with E-state index in [0.717, 1.165) is 6.07 Å². The number of carbonyl (C=O) groups is 1. The van der Waals surface area contributed by atoms with Gasteiger partial charge < -0.3 is 9.47 Å². The lowest BCUT2D eigenvalue weighted by atomic mass is 10.3. The van der Waals surface area contributed by atoms with Crippen LogP contribution in [0.1, 0.15) is 0 Å². The first-order valence-corrected chi connectivity index (χ1v) is 4.39. The van der Waals surface area contributed by atoms with E-state index < -0.39 is 24.6 Å². The third-order valence-electron chi connectivity index (χ3n) is 1.59. The number of nitrogens with two attached hydrogens (primary N) is 1. The van der Waals surface area contributed by atoms with Crippen LogP contribution in [-0.2, 0) is 4.79 Å². The molecule has 0 radical (unpaired) electrons. The number of alkyl halides is 3. The largest absolute Gasteiger partial charge is 0.573 e. The van der Waals surface area contributed by atoms with Crippen LogP contribution in [0.5, 0.6) is 11.5 Å². The average Bonchev–Trinajstić information content (AvgIpc) is 2.25. The van der Waals surface area contributed by atoms with Gasteiger partial charge in [0.2, 0.25) is 0 Å². The van der Waals surface area contributed by atoms with Gasteiger partial charge in [0.05, 0.1) is 0 Å². The fraction of sp³-hybridized carbons (Fsp3) is 0.222. The van der Waals surface area contributed by atoms with Gasteiger partial charge in [-0.3, -0.25) is 10.2 Å². The highest BCUT2D eigenvalue weighted by molar-refractivity contribution is 5.76. The molecule has 1 rings (SSSR count). The quantitative estimate of drug-likeness (QED) is 0.474. The number of nitrogens with one attached hydrogen (secondary N) is 1. The molecule has 1 amide bonds. The van der Waals surface area contributed by atoms with Crippen LogP contribution in [0.3, 0.4) is 0 Å². The number of hydrogen-bond donors (Lipinski definition) is 2.